The molecule has 6 nitrogen and oxygen atoms in total. The number of anilines is 1. The number of hydrogen-bond donors (Lipinski definition) is 1. The van der Waals surface area contributed by atoms with Crippen LogP contribution in [-0.4, -0.2) is 33.0 Å². The van der Waals surface area contributed by atoms with Gasteiger partial charge in [0, 0.05) is 11.3 Å². The van der Waals surface area contributed by atoms with Gasteiger partial charge < -0.3 is 19.5 Å². The number of methoxy groups -OCH3 is 2. The van der Waals surface area contributed by atoms with Crippen molar-refractivity contribution in [2.24, 2.45) is 0 Å². The Balaban J connectivity index is 2.06. The fourth-order valence-electron chi connectivity index (χ4n) is 2.27. The molecule has 0 atom stereocenters. The van der Waals surface area contributed by atoms with E-state index in [0.717, 1.165) is 6.42 Å². The second-order valence-electron chi connectivity index (χ2n) is 5.26. The summed E-state index contributed by atoms with van der Waals surface area (Å²) in [5.41, 5.74) is 2.28. The van der Waals surface area contributed by atoms with Crippen LogP contribution in [0.4, 0.5) is 5.69 Å². The van der Waals surface area contributed by atoms with Gasteiger partial charge in [-0.25, -0.2) is 0 Å². The standard InChI is InChI=1S/C19H21NO5/c1-4-13-5-7-15(8-6-13)20-18(22)12-25-19-16(23-2)9-14(11-21)10-17(19)24-3/h5-11H,4,12H2,1-3H3,(H,20,22). The first kappa shape index (κ1) is 18.3. The third kappa shape index (κ3) is 4.73. The van der Waals surface area contributed by atoms with Gasteiger partial charge in [0.1, 0.15) is 6.29 Å². The van der Waals surface area contributed by atoms with Crippen LogP contribution in [-0.2, 0) is 11.2 Å². The van der Waals surface area contributed by atoms with Crippen molar-refractivity contribution < 1.29 is 23.8 Å². The first-order chi connectivity index (χ1) is 12.1. The van der Waals surface area contributed by atoms with Gasteiger partial charge in [0.05, 0.1) is 14.2 Å². The number of ether oxygens (including phenoxy) is 3. The molecular formula is C19H21NO5. The summed E-state index contributed by atoms with van der Waals surface area (Å²) in [5.74, 6) is 0.600. The molecule has 0 aliphatic carbocycles. The Bertz CT molecular complexity index is 715. The highest BCUT2D eigenvalue weighted by Gasteiger charge is 2.15. The Hall–Kier alpha value is -3.02. The first-order valence-electron chi connectivity index (χ1n) is 7.84. The number of carbonyl (C=O) groups is 2. The van der Waals surface area contributed by atoms with Gasteiger partial charge in [-0.1, -0.05) is 19.1 Å². The average Bonchev–Trinajstić information content (AvgIpc) is 2.66. The first-order valence-corrected chi connectivity index (χ1v) is 7.84. The normalized spacial score (nSPS) is 10.0. The minimum Gasteiger partial charge on any atom is -0.493 e. The quantitative estimate of drug-likeness (QED) is 0.746. The molecule has 1 N–H and O–H groups in total. The zero-order valence-electron chi connectivity index (χ0n) is 14.5. The van der Waals surface area contributed by atoms with Crippen LogP contribution >= 0.6 is 0 Å². The molecule has 0 saturated carbocycles. The maximum atomic E-state index is 12.1. The fraction of sp³-hybridized carbons (Fsp3) is 0.263. The molecule has 1 amide bonds. The second-order valence-corrected chi connectivity index (χ2v) is 5.26. The molecule has 0 aromatic heterocycles. The Morgan fingerprint density at radius 2 is 1.68 bits per heavy atom. The van der Waals surface area contributed by atoms with E-state index in [4.69, 9.17) is 14.2 Å². The summed E-state index contributed by atoms with van der Waals surface area (Å²) in [6.07, 6.45) is 1.62. The van der Waals surface area contributed by atoms with Gasteiger partial charge in [-0.2, -0.15) is 0 Å². The lowest BCUT2D eigenvalue weighted by molar-refractivity contribution is -0.118. The molecule has 0 heterocycles. The highest BCUT2D eigenvalue weighted by Crippen LogP contribution is 2.38. The fourth-order valence-corrected chi connectivity index (χ4v) is 2.27. The minimum atomic E-state index is -0.312. The molecule has 6 heteroatoms. The molecular weight excluding hydrogens is 322 g/mol. The number of rotatable bonds is 8. The van der Waals surface area contributed by atoms with Crippen molar-refractivity contribution in [1.29, 1.82) is 0 Å². The van der Waals surface area contributed by atoms with Gasteiger partial charge in [-0.3, -0.25) is 9.59 Å². The van der Waals surface area contributed by atoms with Crippen LogP contribution in [0.1, 0.15) is 22.8 Å². The Morgan fingerprint density at radius 3 is 2.16 bits per heavy atom. The van der Waals surface area contributed by atoms with Crippen LogP contribution in [0, 0.1) is 0 Å². The summed E-state index contributed by atoms with van der Waals surface area (Å²) < 4.78 is 16.0. The Morgan fingerprint density at radius 1 is 1.08 bits per heavy atom. The summed E-state index contributed by atoms with van der Waals surface area (Å²) in [5, 5.41) is 2.76. The van der Waals surface area contributed by atoms with Crippen molar-refractivity contribution >= 4 is 17.9 Å². The van der Waals surface area contributed by atoms with Crippen LogP contribution in [0.3, 0.4) is 0 Å². The van der Waals surface area contributed by atoms with E-state index in [1.54, 1.807) is 0 Å². The topological polar surface area (TPSA) is 73.9 Å². The number of aldehydes is 1. The average molecular weight is 343 g/mol. The van der Waals surface area contributed by atoms with Crippen LogP contribution in [0.25, 0.3) is 0 Å². The van der Waals surface area contributed by atoms with Crippen molar-refractivity contribution in [2.75, 3.05) is 26.1 Å². The van der Waals surface area contributed by atoms with Crippen molar-refractivity contribution in [2.45, 2.75) is 13.3 Å². The molecule has 2 aromatic carbocycles. The number of hydrogen-bond acceptors (Lipinski definition) is 5. The largest absolute Gasteiger partial charge is 0.493 e. The predicted octanol–water partition coefficient (Wildman–Crippen LogP) is 3.10. The van der Waals surface area contributed by atoms with E-state index in [2.05, 4.69) is 12.2 Å². The number of benzene rings is 2. The molecule has 2 rings (SSSR count). The van der Waals surface area contributed by atoms with Crippen LogP contribution in [0.2, 0.25) is 0 Å². The lowest BCUT2D eigenvalue weighted by Crippen LogP contribution is -2.20. The van der Waals surface area contributed by atoms with Gasteiger partial charge in [0.2, 0.25) is 5.75 Å². The number of carbonyl (C=O) groups excluding carboxylic acids is 2. The zero-order chi connectivity index (χ0) is 18.2. The maximum Gasteiger partial charge on any atom is 0.262 e. The van der Waals surface area contributed by atoms with Crippen LogP contribution < -0.4 is 19.5 Å². The summed E-state index contributed by atoms with van der Waals surface area (Å²) in [6, 6.07) is 10.6. The highest BCUT2D eigenvalue weighted by molar-refractivity contribution is 5.92. The summed E-state index contributed by atoms with van der Waals surface area (Å²) >= 11 is 0. The van der Waals surface area contributed by atoms with Gasteiger partial charge >= 0.3 is 0 Å². The van der Waals surface area contributed by atoms with E-state index in [0.29, 0.717) is 29.0 Å². The smallest absolute Gasteiger partial charge is 0.262 e. The number of aryl methyl sites for hydroxylation is 1. The minimum absolute atomic E-state index is 0.220. The molecule has 0 aliphatic heterocycles. The van der Waals surface area contributed by atoms with E-state index in [1.165, 1.54) is 31.9 Å². The van der Waals surface area contributed by atoms with E-state index >= 15 is 0 Å². The molecule has 0 unspecified atom stereocenters. The van der Waals surface area contributed by atoms with E-state index in [1.807, 2.05) is 24.3 Å². The summed E-state index contributed by atoms with van der Waals surface area (Å²) in [4.78, 5) is 23.0. The van der Waals surface area contributed by atoms with Gasteiger partial charge in [-0.05, 0) is 36.2 Å². The molecule has 0 fully saturated rings. The molecule has 0 saturated heterocycles. The highest BCUT2D eigenvalue weighted by atomic mass is 16.5. The lowest BCUT2D eigenvalue weighted by atomic mass is 10.1. The molecule has 0 spiro atoms. The van der Waals surface area contributed by atoms with Crippen molar-refractivity contribution in [3.05, 3.63) is 47.5 Å². The molecule has 0 radical (unpaired) electrons. The van der Waals surface area contributed by atoms with Crippen molar-refractivity contribution in [3.63, 3.8) is 0 Å². The third-order valence-corrected chi connectivity index (χ3v) is 3.61. The van der Waals surface area contributed by atoms with Crippen LogP contribution in [0.5, 0.6) is 17.2 Å². The molecule has 2 aromatic rings. The SMILES string of the molecule is CCc1ccc(NC(=O)COc2c(OC)cc(C=O)cc2OC)cc1. The predicted molar refractivity (Wildman–Crippen MR) is 94.9 cm³/mol. The molecule has 0 bridgehead atoms. The van der Waals surface area contributed by atoms with Gasteiger partial charge in [-0.15, -0.1) is 0 Å². The molecule has 0 aliphatic rings. The second kappa shape index (κ2) is 8.73. The third-order valence-electron chi connectivity index (χ3n) is 3.61. The van der Waals surface area contributed by atoms with Crippen molar-refractivity contribution in [1.82, 2.24) is 0 Å². The monoisotopic (exact) mass is 343 g/mol. The lowest BCUT2D eigenvalue weighted by Gasteiger charge is -2.15. The number of amides is 1. The maximum absolute atomic E-state index is 12.1. The van der Waals surface area contributed by atoms with E-state index < -0.39 is 0 Å². The van der Waals surface area contributed by atoms with Gasteiger partial charge in [0.15, 0.2) is 18.1 Å². The Kier molecular flexibility index (Phi) is 6.39. The Labute approximate surface area is 146 Å². The van der Waals surface area contributed by atoms with Gasteiger partial charge in [0.25, 0.3) is 5.91 Å². The summed E-state index contributed by atoms with van der Waals surface area (Å²) in [6.45, 7) is 1.85. The summed E-state index contributed by atoms with van der Waals surface area (Å²) in [7, 11) is 2.90. The van der Waals surface area contributed by atoms with Crippen molar-refractivity contribution in [3.8, 4) is 17.2 Å². The van der Waals surface area contributed by atoms with E-state index in [-0.39, 0.29) is 18.3 Å². The zero-order valence-corrected chi connectivity index (χ0v) is 14.5. The number of nitrogens with one attached hydrogen (secondary N) is 1. The molecule has 132 valence electrons. The van der Waals surface area contributed by atoms with E-state index in [9.17, 15) is 9.59 Å². The van der Waals surface area contributed by atoms with Crippen LogP contribution in [0.15, 0.2) is 36.4 Å². The molecule has 25 heavy (non-hydrogen) atoms.